The molecule has 0 atom stereocenters. The molecule has 0 aromatic carbocycles. The minimum atomic E-state index is 0.231. The van der Waals surface area contributed by atoms with Crippen molar-refractivity contribution in [1.29, 1.82) is 0 Å². The van der Waals surface area contributed by atoms with Crippen molar-refractivity contribution in [1.82, 2.24) is 4.98 Å². The van der Waals surface area contributed by atoms with Gasteiger partial charge in [-0.15, -0.1) is 22.7 Å². The molecular formula is C12H11NOS2. The second-order valence-corrected chi connectivity index (χ2v) is 6.11. The van der Waals surface area contributed by atoms with E-state index in [9.17, 15) is 4.79 Å². The normalized spacial score (nSPS) is 15.1. The molecule has 3 rings (SSSR count). The zero-order chi connectivity index (χ0) is 11.0. The van der Waals surface area contributed by atoms with Crippen LogP contribution in [-0.4, -0.2) is 10.8 Å². The van der Waals surface area contributed by atoms with E-state index in [1.807, 2.05) is 0 Å². The second kappa shape index (κ2) is 4.11. The maximum Gasteiger partial charge on any atom is 0.182 e. The van der Waals surface area contributed by atoms with Crippen LogP contribution < -0.4 is 0 Å². The average molecular weight is 249 g/mol. The highest BCUT2D eigenvalue weighted by Gasteiger charge is 2.22. The number of thiazole rings is 1. The van der Waals surface area contributed by atoms with Crippen LogP contribution in [0.3, 0.4) is 0 Å². The number of aryl methyl sites for hydroxylation is 1. The predicted octanol–water partition coefficient (Wildman–Crippen LogP) is 3.31. The Morgan fingerprint density at radius 1 is 1.38 bits per heavy atom. The SMILES string of the molecule is O=C1CCCc2sc(Cc3cccs3)nc21. The second-order valence-electron chi connectivity index (χ2n) is 3.91. The van der Waals surface area contributed by atoms with Gasteiger partial charge in [-0.25, -0.2) is 4.98 Å². The summed E-state index contributed by atoms with van der Waals surface area (Å²) in [6.07, 6.45) is 3.58. The molecule has 0 bridgehead atoms. The zero-order valence-corrected chi connectivity index (χ0v) is 10.4. The molecule has 0 unspecified atom stereocenters. The Balaban J connectivity index is 1.89. The van der Waals surface area contributed by atoms with E-state index >= 15 is 0 Å². The van der Waals surface area contributed by atoms with Crippen LogP contribution in [0.5, 0.6) is 0 Å². The highest BCUT2D eigenvalue weighted by Crippen LogP contribution is 2.28. The Labute approximate surface area is 102 Å². The first-order valence-corrected chi connectivity index (χ1v) is 7.07. The molecule has 2 nitrogen and oxygen atoms in total. The van der Waals surface area contributed by atoms with Crippen molar-refractivity contribution < 1.29 is 4.79 Å². The lowest BCUT2D eigenvalue weighted by atomic mass is 10.0. The molecule has 2 heterocycles. The predicted molar refractivity (Wildman–Crippen MR) is 66.5 cm³/mol. The van der Waals surface area contributed by atoms with Crippen LogP contribution in [-0.2, 0) is 12.8 Å². The fourth-order valence-electron chi connectivity index (χ4n) is 1.95. The first-order chi connectivity index (χ1) is 7.83. The van der Waals surface area contributed by atoms with Crippen molar-refractivity contribution in [3.8, 4) is 0 Å². The van der Waals surface area contributed by atoms with E-state index in [1.54, 1.807) is 22.7 Å². The van der Waals surface area contributed by atoms with Crippen LogP contribution in [0.15, 0.2) is 17.5 Å². The van der Waals surface area contributed by atoms with E-state index in [0.29, 0.717) is 6.42 Å². The van der Waals surface area contributed by atoms with Crippen LogP contribution in [0.1, 0.15) is 38.1 Å². The Hall–Kier alpha value is -1.00. The lowest BCUT2D eigenvalue weighted by molar-refractivity contribution is 0.0968. The fraction of sp³-hybridized carbons (Fsp3) is 0.333. The lowest BCUT2D eigenvalue weighted by Crippen LogP contribution is -2.08. The van der Waals surface area contributed by atoms with Crippen LogP contribution in [0, 0.1) is 0 Å². The number of hydrogen-bond donors (Lipinski definition) is 0. The molecule has 0 radical (unpaired) electrons. The van der Waals surface area contributed by atoms with Crippen molar-refractivity contribution in [2.75, 3.05) is 0 Å². The highest BCUT2D eigenvalue weighted by molar-refractivity contribution is 7.12. The van der Waals surface area contributed by atoms with Gasteiger partial charge in [0.15, 0.2) is 5.78 Å². The van der Waals surface area contributed by atoms with Gasteiger partial charge >= 0.3 is 0 Å². The number of thiophene rings is 1. The minimum Gasteiger partial charge on any atom is -0.292 e. The van der Waals surface area contributed by atoms with E-state index < -0.39 is 0 Å². The van der Waals surface area contributed by atoms with E-state index in [-0.39, 0.29) is 5.78 Å². The van der Waals surface area contributed by atoms with Crippen LogP contribution >= 0.6 is 22.7 Å². The minimum absolute atomic E-state index is 0.231. The van der Waals surface area contributed by atoms with Crippen molar-refractivity contribution in [3.63, 3.8) is 0 Å². The van der Waals surface area contributed by atoms with Gasteiger partial charge < -0.3 is 0 Å². The van der Waals surface area contributed by atoms with Gasteiger partial charge in [0, 0.05) is 22.6 Å². The van der Waals surface area contributed by atoms with Gasteiger partial charge in [0.2, 0.25) is 0 Å². The number of fused-ring (bicyclic) bond motifs is 1. The lowest BCUT2D eigenvalue weighted by Gasteiger charge is -2.06. The molecule has 16 heavy (non-hydrogen) atoms. The smallest absolute Gasteiger partial charge is 0.182 e. The van der Waals surface area contributed by atoms with Gasteiger partial charge in [-0.2, -0.15) is 0 Å². The molecule has 1 aliphatic rings. The van der Waals surface area contributed by atoms with Crippen molar-refractivity contribution in [2.45, 2.75) is 25.7 Å². The van der Waals surface area contributed by atoms with Gasteiger partial charge in [-0.05, 0) is 24.3 Å². The third-order valence-corrected chi connectivity index (χ3v) is 4.71. The van der Waals surface area contributed by atoms with E-state index in [0.717, 1.165) is 30.0 Å². The van der Waals surface area contributed by atoms with Crippen molar-refractivity contribution in [2.24, 2.45) is 0 Å². The molecular weight excluding hydrogens is 238 g/mol. The number of Topliss-reactive ketones (excluding diaryl/α,β-unsaturated/α-hetero) is 1. The van der Waals surface area contributed by atoms with Gasteiger partial charge in [-0.3, -0.25) is 4.79 Å². The molecule has 2 aromatic heterocycles. The van der Waals surface area contributed by atoms with Gasteiger partial charge in [-0.1, -0.05) is 6.07 Å². The summed E-state index contributed by atoms with van der Waals surface area (Å²) in [6, 6.07) is 4.17. The molecule has 0 N–H and O–H groups in total. The summed E-state index contributed by atoms with van der Waals surface area (Å²) < 4.78 is 0. The van der Waals surface area contributed by atoms with Gasteiger partial charge in [0.1, 0.15) is 5.69 Å². The van der Waals surface area contributed by atoms with Gasteiger partial charge in [0.25, 0.3) is 0 Å². The first kappa shape index (κ1) is 10.2. The summed E-state index contributed by atoms with van der Waals surface area (Å²) in [6.45, 7) is 0. The number of carbonyl (C=O) groups is 1. The van der Waals surface area contributed by atoms with E-state index in [4.69, 9.17) is 0 Å². The van der Waals surface area contributed by atoms with Gasteiger partial charge in [0.05, 0.1) is 5.01 Å². The number of ketones is 1. The molecule has 0 spiro atoms. The maximum atomic E-state index is 11.6. The van der Waals surface area contributed by atoms with Crippen LogP contribution in [0.2, 0.25) is 0 Å². The summed E-state index contributed by atoms with van der Waals surface area (Å²) in [5.74, 6) is 0.231. The molecule has 0 saturated heterocycles. The maximum absolute atomic E-state index is 11.6. The number of carbonyl (C=O) groups excluding carboxylic acids is 1. The summed E-state index contributed by atoms with van der Waals surface area (Å²) in [5.41, 5.74) is 0.753. The first-order valence-electron chi connectivity index (χ1n) is 5.37. The molecule has 0 fully saturated rings. The third kappa shape index (κ3) is 1.83. The van der Waals surface area contributed by atoms with Crippen molar-refractivity contribution in [3.05, 3.63) is 38.0 Å². The van der Waals surface area contributed by atoms with E-state index in [2.05, 4.69) is 22.5 Å². The van der Waals surface area contributed by atoms with E-state index in [1.165, 1.54) is 9.75 Å². The number of nitrogens with zero attached hydrogens (tertiary/aromatic N) is 1. The van der Waals surface area contributed by atoms with Crippen LogP contribution in [0.25, 0.3) is 0 Å². The molecule has 1 aliphatic carbocycles. The largest absolute Gasteiger partial charge is 0.292 e. The quantitative estimate of drug-likeness (QED) is 0.817. The monoisotopic (exact) mass is 249 g/mol. The topological polar surface area (TPSA) is 30.0 Å². The average Bonchev–Trinajstić information content (AvgIpc) is 2.88. The van der Waals surface area contributed by atoms with Crippen LogP contribution in [0.4, 0.5) is 0 Å². The molecule has 82 valence electrons. The number of rotatable bonds is 2. The Morgan fingerprint density at radius 2 is 2.31 bits per heavy atom. The molecule has 0 amide bonds. The summed E-state index contributed by atoms with van der Waals surface area (Å²) in [7, 11) is 0. The number of hydrogen-bond acceptors (Lipinski definition) is 4. The molecule has 2 aromatic rings. The summed E-state index contributed by atoms with van der Waals surface area (Å²) in [5, 5.41) is 3.16. The zero-order valence-electron chi connectivity index (χ0n) is 8.73. The summed E-state index contributed by atoms with van der Waals surface area (Å²) >= 11 is 3.46. The molecule has 0 aliphatic heterocycles. The standard InChI is InChI=1S/C12H11NOS2/c14-9-4-1-5-10-12(9)13-11(16-10)7-8-3-2-6-15-8/h2-3,6H,1,4-5,7H2. The summed E-state index contributed by atoms with van der Waals surface area (Å²) in [4.78, 5) is 18.6. The highest BCUT2D eigenvalue weighted by atomic mass is 32.1. The third-order valence-electron chi connectivity index (χ3n) is 2.72. The Morgan fingerprint density at radius 3 is 3.06 bits per heavy atom. The Kier molecular flexibility index (Phi) is 2.61. The molecule has 0 saturated carbocycles. The number of aromatic nitrogens is 1. The Bertz CT molecular complexity index is 513. The fourth-order valence-corrected chi connectivity index (χ4v) is 3.91. The molecule has 4 heteroatoms. The van der Waals surface area contributed by atoms with Crippen molar-refractivity contribution >= 4 is 28.5 Å².